The van der Waals surface area contributed by atoms with Crippen LogP contribution in [0.3, 0.4) is 0 Å². The molecule has 134 valence electrons. The van der Waals surface area contributed by atoms with Crippen molar-refractivity contribution in [2.24, 2.45) is 5.92 Å². The molecule has 1 aromatic heterocycles. The summed E-state index contributed by atoms with van der Waals surface area (Å²) >= 11 is 6.17. The molecule has 0 saturated carbocycles. The number of nitrogens with zero attached hydrogens (tertiary/aromatic N) is 3. The zero-order valence-corrected chi connectivity index (χ0v) is 15.4. The number of carbonyl (C=O) groups is 1. The number of halogens is 1. The van der Waals surface area contributed by atoms with Crippen molar-refractivity contribution in [3.05, 3.63) is 52.8 Å². The lowest BCUT2D eigenvalue weighted by atomic mass is 9.94. The van der Waals surface area contributed by atoms with Gasteiger partial charge in [-0.1, -0.05) is 29.8 Å². The highest BCUT2D eigenvalue weighted by atomic mass is 35.5. The fourth-order valence-corrected chi connectivity index (χ4v) is 3.41. The third-order valence-corrected chi connectivity index (χ3v) is 5.23. The molecule has 1 aliphatic heterocycles. The van der Waals surface area contributed by atoms with Gasteiger partial charge in [-0.3, -0.25) is 9.48 Å². The molecule has 1 aliphatic rings. The summed E-state index contributed by atoms with van der Waals surface area (Å²) in [5.41, 5.74) is 1.58. The van der Waals surface area contributed by atoms with Crippen LogP contribution in [0.15, 0.2) is 36.7 Å². The molecule has 0 bridgehead atoms. The minimum atomic E-state index is -0.0571. The average Bonchev–Trinajstić information content (AvgIpc) is 3.07. The van der Waals surface area contributed by atoms with Crippen molar-refractivity contribution in [2.45, 2.75) is 25.8 Å². The normalized spacial score (nSPS) is 16.1. The van der Waals surface area contributed by atoms with Crippen LogP contribution in [0.5, 0.6) is 0 Å². The van der Waals surface area contributed by atoms with E-state index in [4.69, 9.17) is 11.6 Å². The van der Waals surface area contributed by atoms with Crippen molar-refractivity contribution in [2.75, 3.05) is 26.7 Å². The molecule has 0 radical (unpaired) electrons. The van der Waals surface area contributed by atoms with Crippen molar-refractivity contribution in [1.29, 1.82) is 0 Å². The van der Waals surface area contributed by atoms with E-state index >= 15 is 0 Å². The summed E-state index contributed by atoms with van der Waals surface area (Å²) in [5.74, 6) is 0.665. The number of amides is 1. The van der Waals surface area contributed by atoms with Gasteiger partial charge in [0.2, 0.25) is 0 Å². The van der Waals surface area contributed by atoms with Crippen molar-refractivity contribution in [1.82, 2.24) is 20.0 Å². The summed E-state index contributed by atoms with van der Waals surface area (Å²) in [6.45, 7) is 3.60. The molecule has 2 aromatic rings. The van der Waals surface area contributed by atoms with Crippen molar-refractivity contribution >= 4 is 17.5 Å². The van der Waals surface area contributed by atoms with Gasteiger partial charge in [0.05, 0.1) is 18.3 Å². The minimum Gasteiger partial charge on any atom is -0.352 e. The monoisotopic (exact) mass is 360 g/mol. The molecule has 2 heterocycles. The Bertz CT molecular complexity index is 707. The predicted molar refractivity (Wildman–Crippen MR) is 100.0 cm³/mol. The van der Waals surface area contributed by atoms with Crippen molar-refractivity contribution in [3.63, 3.8) is 0 Å². The van der Waals surface area contributed by atoms with Gasteiger partial charge in [0.1, 0.15) is 0 Å². The maximum atomic E-state index is 12.3. The number of aromatic nitrogens is 2. The summed E-state index contributed by atoms with van der Waals surface area (Å²) in [7, 11) is 2.16. The van der Waals surface area contributed by atoms with Crippen LogP contribution in [0.1, 0.15) is 35.2 Å². The Morgan fingerprint density at radius 1 is 1.32 bits per heavy atom. The zero-order chi connectivity index (χ0) is 17.6. The topological polar surface area (TPSA) is 50.2 Å². The molecule has 1 aromatic carbocycles. The van der Waals surface area contributed by atoms with E-state index in [1.165, 1.54) is 12.8 Å². The van der Waals surface area contributed by atoms with Crippen LogP contribution in [0.4, 0.5) is 0 Å². The van der Waals surface area contributed by atoms with Crippen LogP contribution in [-0.4, -0.2) is 47.3 Å². The number of rotatable bonds is 6. The third-order valence-electron chi connectivity index (χ3n) is 4.86. The molecule has 6 heteroatoms. The first-order chi connectivity index (χ1) is 12.1. The van der Waals surface area contributed by atoms with Gasteiger partial charge >= 0.3 is 0 Å². The molecule has 3 rings (SSSR count). The Balaban J connectivity index is 1.47. The first-order valence-corrected chi connectivity index (χ1v) is 9.22. The number of benzene rings is 1. The molecule has 1 saturated heterocycles. The molecule has 0 unspecified atom stereocenters. The van der Waals surface area contributed by atoms with Crippen molar-refractivity contribution in [3.8, 4) is 0 Å². The van der Waals surface area contributed by atoms with Crippen molar-refractivity contribution < 1.29 is 4.79 Å². The van der Waals surface area contributed by atoms with Gasteiger partial charge in [-0.25, -0.2) is 0 Å². The van der Waals surface area contributed by atoms with E-state index in [1.807, 2.05) is 24.3 Å². The Labute approximate surface area is 154 Å². The van der Waals surface area contributed by atoms with E-state index in [0.29, 0.717) is 17.1 Å². The summed E-state index contributed by atoms with van der Waals surface area (Å²) in [4.78, 5) is 14.6. The second kappa shape index (κ2) is 8.50. The molecule has 5 nitrogen and oxygen atoms in total. The summed E-state index contributed by atoms with van der Waals surface area (Å²) in [6, 6.07) is 7.67. The lowest BCUT2D eigenvalue weighted by Gasteiger charge is -2.28. The van der Waals surface area contributed by atoms with Crippen LogP contribution in [0.25, 0.3) is 0 Å². The fraction of sp³-hybridized carbons (Fsp3) is 0.474. The van der Waals surface area contributed by atoms with E-state index in [-0.39, 0.29) is 5.91 Å². The van der Waals surface area contributed by atoms with Gasteiger partial charge in [0, 0.05) is 17.8 Å². The van der Waals surface area contributed by atoms with Crippen LogP contribution in [-0.2, 0) is 6.54 Å². The van der Waals surface area contributed by atoms with E-state index < -0.39 is 0 Å². The van der Waals surface area contributed by atoms with Crippen LogP contribution >= 0.6 is 11.6 Å². The molecule has 1 fully saturated rings. The summed E-state index contributed by atoms with van der Waals surface area (Å²) < 4.78 is 1.74. The number of piperidine rings is 1. The maximum Gasteiger partial charge on any atom is 0.254 e. The lowest BCUT2D eigenvalue weighted by molar-refractivity contribution is 0.0949. The Morgan fingerprint density at radius 3 is 2.84 bits per heavy atom. The largest absolute Gasteiger partial charge is 0.352 e. The van der Waals surface area contributed by atoms with Gasteiger partial charge in [0.15, 0.2) is 0 Å². The number of likely N-dealkylation sites (tertiary alicyclic amines) is 1. The van der Waals surface area contributed by atoms with Gasteiger partial charge in [-0.05, 0) is 56.9 Å². The van der Waals surface area contributed by atoms with Gasteiger partial charge in [-0.15, -0.1) is 0 Å². The van der Waals surface area contributed by atoms with Crippen LogP contribution in [0.2, 0.25) is 5.02 Å². The average molecular weight is 361 g/mol. The first kappa shape index (κ1) is 18.0. The molecule has 1 N–H and O–H groups in total. The van der Waals surface area contributed by atoms with E-state index in [0.717, 1.165) is 37.5 Å². The summed E-state index contributed by atoms with van der Waals surface area (Å²) in [6.07, 6.45) is 6.88. The van der Waals surface area contributed by atoms with Gasteiger partial charge in [-0.2, -0.15) is 5.10 Å². The SMILES string of the molecule is CN1CCC(CCNC(=O)c2cnn(Cc3ccccc3Cl)c2)CC1. The van der Waals surface area contributed by atoms with E-state index in [9.17, 15) is 4.79 Å². The smallest absolute Gasteiger partial charge is 0.254 e. The highest BCUT2D eigenvalue weighted by Crippen LogP contribution is 2.19. The third kappa shape index (κ3) is 5.06. The first-order valence-electron chi connectivity index (χ1n) is 8.84. The maximum absolute atomic E-state index is 12.3. The highest BCUT2D eigenvalue weighted by Gasteiger charge is 2.17. The number of carbonyl (C=O) groups excluding carboxylic acids is 1. The molecular weight excluding hydrogens is 336 g/mol. The second-order valence-corrected chi connectivity index (χ2v) is 7.22. The minimum absolute atomic E-state index is 0.0571. The second-order valence-electron chi connectivity index (χ2n) is 6.81. The lowest BCUT2D eigenvalue weighted by Crippen LogP contribution is -2.32. The predicted octanol–water partition coefficient (Wildman–Crippen LogP) is 3.05. The fourth-order valence-electron chi connectivity index (χ4n) is 3.21. The number of hydrogen-bond acceptors (Lipinski definition) is 3. The Kier molecular flexibility index (Phi) is 6.10. The Hall–Kier alpha value is -1.85. The standard InChI is InChI=1S/C19H25ClN4O/c1-23-10-7-15(8-11-23)6-9-21-19(25)17-12-22-24(14-17)13-16-4-2-3-5-18(16)20/h2-5,12,14-15H,6-11,13H2,1H3,(H,21,25). The van der Waals surface area contributed by atoms with Gasteiger partial charge in [0.25, 0.3) is 5.91 Å². The highest BCUT2D eigenvalue weighted by molar-refractivity contribution is 6.31. The zero-order valence-electron chi connectivity index (χ0n) is 14.6. The number of nitrogens with one attached hydrogen (secondary N) is 1. The molecule has 25 heavy (non-hydrogen) atoms. The van der Waals surface area contributed by atoms with Crippen LogP contribution in [0, 0.1) is 5.92 Å². The summed E-state index contributed by atoms with van der Waals surface area (Å²) in [5, 5.41) is 8.00. The van der Waals surface area contributed by atoms with E-state index in [2.05, 4.69) is 22.4 Å². The molecule has 0 atom stereocenters. The molecule has 1 amide bonds. The molecular formula is C19H25ClN4O. The molecule has 0 spiro atoms. The Morgan fingerprint density at radius 2 is 2.08 bits per heavy atom. The van der Waals surface area contributed by atoms with E-state index in [1.54, 1.807) is 17.1 Å². The number of hydrogen-bond donors (Lipinski definition) is 1. The van der Waals surface area contributed by atoms with Crippen LogP contribution < -0.4 is 5.32 Å². The van der Waals surface area contributed by atoms with Gasteiger partial charge < -0.3 is 10.2 Å². The quantitative estimate of drug-likeness (QED) is 0.861. The molecule has 0 aliphatic carbocycles.